The number of halogens is 1. The predicted octanol–water partition coefficient (Wildman–Crippen LogP) is 3.92. The lowest BCUT2D eigenvalue weighted by Crippen LogP contribution is -2.47. The van der Waals surface area contributed by atoms with Crippen LogP contribution >= 0.6 is 0 Å². The highest BCUT2D eigenvalue weighted by molar-refractivity contribution is 5.91. The third kappa shape index (κ3) is 5.03. The number of benzene rings is 1. The molecule has 188 valence electrons. The largest absolute Gasteiger partial charge is 0.395 e. The standard InChI is InChI=1S/C27H32FN7O/c1-2-3-12-29-24-6-4-5-23-25(26(32-35(23)24)20-7-9-21(28)10-8-20)22-11-13-30-27(31-22)34-16-14-33(15-17-34)18-19-36/h4-11,13,29,36H,2-3,12,14-19H2,1H3. The minimum absolute atomic E-state index is 0.169. The summed E-state index contributed by atoms with van der Waals surface area (Å²) in [5, 5.41) is 17.7. The molecule has 0 atom stereocenters. The van der Waals surface area contributed by atoms with E-state index in [1.165, 1.54) is 12.1 Å². The van der Waals surface area contributed by atoms with Gasteiger partial charge >= 0.3 is 0 Å². The summed E-state index contributed by atoms with van der Waals surface area (Å²) in [5.41, 5.74) is 4.17. The summed E-state index contributed by atoms with van der Waals surface area (Å²) in [6.07, 6.45) is 3.96. The van der Waals surface area contributed by atoms with Crippen LogP contribution in [-0.2, 0) is 0 Å². The van der Waals surface area contributed by atoms with Gasteiger partial charge in [0, 0.05) is 51.0 Å². The van der Waals surface area contributed by atoms with Crippen molar-refractivity contribution in [2.24, 2.45) is 0 Å². The molecule has 0 unspecified atom stereocenters. The Balaban J connectivity index is 1.56. The van der Waals surface area contributed by atoms with Gasteiger partial charge in [-0.3, -0.25) is 4.90 Å². The number of pyridine rings is 1. The van der Waals surface area contributed by atoms with Crippen molar-refractivity contribution in [1.29, 1.82) is 0 Å². The molecule has 4 aromatic rings. The normalized spacial score (nSPS) is 14.5. The van der Waals surface area contributed by atoms with Crippen LogP contribution in [0.3, 0.4) is 0 Å². The van der Waals surface area contributed by atoms with Crippen molar-refractivity contribution in [3.63, 3.8) is 0 Å². The Hall–Kier alpha value is -3.56. The van der Waals surface area contributed by atoms with Crippen LogP contribution in [0.4, 0.5) is 16.2 Å². The molecule has 1 aromatic carbocycles. The number of aromatic nitrogens is 4. The fourth-order valence-corrected chi connectivity index (χ4v) is 4.61. The number of piperazine rings is 1. The highest BCUT2D eigenvalue weighted by Crippen LogP contribution is 2.36. The van der Waals surface area contributed by atoms with Crippen LogP contribution in [0.25, 0.3) is 28.0 Å². The molecule has 0 amide bonds. The predicted molar refractivity (Wildman–Crippen MR) is 141 cm³/mol. The zero-order chi connectivity index (χ0) is 24.9. The van der Waals surface area contributed by atoms with Crippen LogP contribution in [0.2, 0.25) is 0 Å². The molecule has 5 rings (SSSR count). The summed E-state index contributed by atoms with van der Waals surface area (Å²) >= 11 is 0. The molecule has 8 nitrogen and oxygen atoms in total. The van der Waals surface area contributed by atoms with E-state index in [2.05, 4.69) is 27.0 Å². The fraction of sp³-hybridized carbons (Fsp3) is 0.370. The molecule has 36 heavy (non-hydrogen) atoms. The van der Waals surface area contributed by atoms with E-state index < -0.39 is 0 Å². The van der Waals surface area contributed by atoms with Gasteiger partial charge in [0.15, 0.2) is 0 Å². The Bertz CT molecular complexity index is 1300. The molecule has 1 aliphatic rings. The molecule has 0 bridgehead atoms. The molecular weight excluding hydrogens is 457 g/mol. The molecule has 1 fully saturated rings. The third-order valence-corrected chi connectivity index (χ3v) is 6.58. The number of aliphatic hydroxyl groups excluding tert-OH is 1. The lowest BCUT2D eigenvalue weighted by molar-refractivity contribution is 0.188. The summed E-state index contributed by atoms with van der Waals surface area (Å²) in [6.45, 7) is 7.20. The highest BCUT2D eigenvalue weighted by atomic mass is 19.1. The van der Waals surface area contributed by atoms with Crippen molar-refractivity contribution in [2.45, 2.75) is 19.8 Å². The lowest BCUT2D eigenvalue weighted by Gasteiger charge is -2.34. The van der Waals surface area contributed by atoms with E-state index in [1.54, 1.807) is 18.3 Å². The first-order chi connectivity index (χ1) is 17.7. The number of β-amino-alcohol motifs (C(OH)–C–C–N with tert-alkyl or cyclic N) is 1. The maximum absolute atomic E-state index is 13.7. The quantitative estimate of drug-likeness (QED) is 0.345. The Morgan fingerprint density at radius 1 is 1.03 bits per heavy atom. The maximum atomic E-state index is 13.7. The minimum atomic E-state index is -0.282. The second-order valence-electron chi connectivity index (χ2n) is 9.01. The van der Waals surface area contributed by atoms with Crippen molar-refractivity contribution in [3.8, 4) is 22.5 Å². The van der Waals surface area contributed by atoms with E-state index in [-0.39, 0.29) is 12.4 Å². The van der Waals surface area contributed by atoms with Gasteiger partial charge in [0.2, 0.25) is 5.95 Å². The molecule has 9 heteroatoms. The zero-order valence-electron chi connectivity index (χ0n) is 20.6. The Labute approximate surface area is 210 Å². The van der Waals surface area contributed by atoms with Crippen molar-refractivity contribution in [3.05, 3.63) is 60.5 Å². The number of rotatable bonds is 9. The number of anilines is 2. The zero-order valence-corrected chi connectivity index (χ0v) is 20.6. The van der Waals surface area contributed by atoms with Gasteiger partial charge in [0.05, 0.1) is 23.4 Å². The lowest BCUT2D eigenvalue weighted by atomic mass is 10.0. The van der Waals surface area contributed by atoms with Gasteiger partial charge in [-0.15, -0.1) is 0 Å². The van der Waals surface area contributed by atoms with Gasteiger partial charge in [-0.25, -0.2) is 18.9 Å². The third-order valence-electron chi connectivity index (χ3n) is 6.58. The second kappa shape index (κ2) is 11.0. The first-order valence-corrected chi connectivity index (χ1v) is 12.6. The molecule has 0 aliphatic carbocycles. The van der Waals surface area contributed by atoms with Crippen molar-refractivity contribution in [1.82, 2.24) is 24.5 Å². The first-order valence-electron chi connectivity index (χ1n) is 12.6. The van der Waals surface area contributed by atoms with Gasteiger partial charge in [-0.05, 0) is 48.9 Å². The Morgan fingerprint density at radius 3 is 2.58 bits per heavy atom. The summed E-state index contributed by atoms with van der Waals surface area (Å²) < 4.78 is 15.6. The van der Waals surface area contributed by atoms with Gasteiger partial charge in [-0.1, -0.05) is 19.4 Å². The number of hydrogen-bond donors (Lipinski definition) is 2. The number of nitrogens with one attached hydrogen (secondary N) is 1. The fourth-order valence-electron chi connectivity index (χ4n) is 4.61. The SMILES string of the molecule is CCCCNc1cccc2c(-c3ccnc(N4CCN(CCO)CC4)n3)c(-c3ccc(F)cc3)nn12. The molecule has 0 radical (unpaired) electrons. The summed E-state index contributed by atoms with van der Waals surface area (Å²) in [7, 11) is 0. The molecule has 4 heterocycles. The van der Waals surface area contributed by atoms with Crippen LogP contribution in [0.1, 0.15) is 19.8 Å². The van der Waals surface area contributed by atoms with Crippen LogP contribution in [0.5, 0.6) is 0 Å². The number of fused-ring (bicyclic) bond motifs is 1. The van der Waals surface area contributed by atoms with Crippen molar-refractivity contribution < 1.29 is 9.50 Å². The van der Waals surface area contributed by atoms with Crippen LogP contribution in [0, 0.1) is 5.82 Å². The molecule has 3 aromatic heterocycles. The summed E-state index contributed by atoms with van der Waals surface area (Å²) in [6, 6.07) is 14.4. The number of hydrogen-bond acceptors (Lipinski definition) is 7. The molecule has 0 spiro atoms. The van der Waals surface area contributed by atoms with Gasteiger partial charge in [-0.2, -0.15) is 5.10 Å². The van der Waals surface area contributed by atoms with E-state index in [0.29, 0.717) is 12.5 Å². The van der Waals surface area contributed by atoms with Gasteiger partial charge in [0.25, 0.3) is 0 Å². The second-order valence-corrected chi connectivity index (χ2v) is 9.01. The highest BCUT2D eigenvalue weighted by Gasteiger charge is 2.22. The van der Waals surface area contributed by atoms with Crippen LogP contribution in [-0.4, -0.2) is 75.5 Å². The molecule has 1 saturated heterocycles. The van der Waals surface area contributed by atoms with Gasteiger partial charge < -0.3 is 15.3 Å². The first kappa shape index (κ1) is 24.1. The smallest absolute Gasteiger partial charge is 0.225 e. The Kier molecular flexibility index (Phi) is 7.39. The maximum Gasteiger partial charge on any atom is 0.225 e. The number of unbranched alkanes of at least 4 members (excludes halogenated alkanes) is 1. The molecule has 0 saturated carbocycles. The van der Waals surface area contributed by atoms with E-state index in [9.17, 15) is 9.50 Å². The van der Waals surface area contributed by atoms with Gasteiger partial charge in [0.1, 0.15) is 17.3 Å². The van der Waals surface area contributed by atoms with E-state index in [1.807, 2.05) is 28.8 Å². The topological polar surface area (TPSA) is 81.8 Å². The van der Waals surface area contributed by atoms with E-state index in [4.69, 9.17) is 10.1 Å². The number of aliphatic hydroxyl groups is 1. The monoisotopic (exact) mass is 489 g/mol. The van der Waals surface area contributed by atoms with Crippen LogP contribution in [0.15, 0.2) is 54.7 Å². The average molecular weight is 490 g/mol. The Morgan fingerprint density at radius 2 is 1.83 bits per heavy atom. The van der Waals surface area contributed by atoms with E-state index >= 15 is 0 Å². The minimum Gasteiger partial charge on any atom is -0.395 e. The van der Waals surface area contributed by atoms with Crippen LogP contribution < -0.4 is 10.2 Å². The molecule has 1 aliphatic heterocycles. The number of nitrogens with zero attached hydrogens (tertiary/aromatic N) is 6. The average Bonchev–Trinajstić information content (AvgIpc) is 3.30. The van der Waals surface area contributed by atoms with E-state index in [0.717, 1.165) is 79.4 Å². The molecule has 2 N–H and O–H groups in total. The summed E-state index contributed by atoms with van der Waals surface area (Å²) in [5.74, 6) is 1.30. The molecular formula is C27H32FN7O. The van der Waals surface area contributed by atoms with Crippen molar-refractivity contribution in [2.75, 3.05) is 56.1 Å². The van der Waals surface area contributed by atoms with Crippen molar-refractivity contribution >= 4 is 17.3 Å². The summed E-state index contributed by atoms with van der Waals surface area (Å²) in [4.78, 5) is 14.0.